The minimum absolute atomic E-state index is 0.271. The van der Waals surface area contributed by atoms with Crippen LogP contribution in [-0.2, 0) is 5.41 Å². The topological polar surface area (TPSA) is 73.9 Å². The molecule has 2 aromatic carbocycles. The van der Waals surface area contributed by atoms with Gasteiger partial charge in [-0.2, -0.15) is 9.78 Å². The molecule has 1 saturated carbocycles. The van der Waals surface area contributed by atoms with E-state index in [1.807, 2.05) is 24.3 Å². The second-order valence-corrected chi connectivity index (χ2v) is 7.67. The van der Waals surface area contributed by atoms with Crippen molar-refractivity contribution >= 4 is 39.8 Å². The van der Waals surface area contributed by atoms with E-state index in [4.69, 9.17) is 23.2 Å². The van der Waals surface area contributed by atoms with Gasteiger partial charge < -0.3 is 0 Å². The van der Waals surface area contributed by atoms with Gasteiger partial charge in [0.1, 0.15) is 11.6 Å². The summed E-state index contributed by atoms with van der Waals surface area (Å²) in [7, 11) is 0. The third-order valence-corrected chi connectivity index (χ3v) is 5.75. The molecule has 0 saturated heterocycles. The van der Waals surface area contributed by atoms with Crippen molar-refractivity contribution in [2.75, 3.05) is 0 Å². The molecule has 2 aromatic heterocycles. The van der Waals surface area contributed by atoms with Crippen LogP contribution in [0, 0.1) is 11.3 Å². The molecule has 27 heavy (non-hydrogen) atoms. The van der Waals surface area contributed by atoms with Crippen molar-refractivity contribution in [2.45, 2.75) is 18.3 Å². The van der Waals surface area contributed by atoms with Crippen LogP contribution < -0.4 is 5.56 Å². The molecule has 0 bridgehead atoms. The van der Waals surface area contributed by atoms with Crippen molar-refractivity contribution in [3.63, 3.8) is 0 Å². The average molecular weight is 395 g/mol. The molecule has 2 heterocycles. The predicted molar refractivity (Wildman–Crippen MR) is 105 cm³/mol. The molecule has 0 atom stereocenters. The van der Waals surface area contributed by atoms with Gasteiger partial charge in [0.15, 0.2) is 5.65 Å². The van der Waals surface area contributed by atoms with E-state index in [9.17, 15) is 10.1 Å². The standard InChI is InChI=1S/C20H12Cl2N4O/c21-12-3-1-11(2-4-12)20(7-8-20)17-15(10-23)18-24-16-6-5-13(22)9-14(16)19(27)26(18)25-17/h1-6,9,25H,7-8H2. The van der Waals surface area contributed by atoms with E-state index in [0.29, 0.717) is 32.2 Å². The molecule has 132 valence electrons. The predicted octanol–water partition coefficient (Wildman–Crippen LogP) is 4.43. The van der Waals surface area contributed by atoms with E-state index < -0.39 is 0 Å². The van der Waals surface area contributed by atoms with Gasteiger partial charge in [-0.25, -0.2) is 4.98 Å². The first-order chi connectivity index (χ1) is 13.0. The van der Waals surface area contributed by atoms with Crippen molar-refractivity contribution in [1.82, 2.24) is 14.6 Å². The lowest BCUT2D eigenvalue weighted by Gasteiger charge is -2.14. The molecular weight excluding hydrogens is 383 g/mol. The van der Waals surface area contributed by atoms with Crippen LogP contribution in [0.5, 0.6) is 0 Å². The van der Waals surface area contributed by atoms with E-state index in [0.717, 1.165) is 24.1 Å². The Hall–Kier alpha value is -2.81. The summed E-state index contributed by atoms with van der Waals surface area (Å²) in [5.74, 6) is 0. The molecule has 1 aliphatic carbocycles. The van der Waals surface area contributed by atoms with Gasteiger partial charge in [0, 0.05) is 15.5 Å². The summed E-state index contributed by atoms with van der Waals surface area (Å²) in [5.41, 5.74) is 2.45. The fourth-order valence-electron chi connectivity index (χ4n) is 3.74. The zero-order chi connectivity index (χ0) is 18.8. The molecule has 7 heteroatoms. The molecular formula is C20H12Cl2N4O. The van der Waals surface area contributed by atoms with Crippen LogP contribution in [0.2, 0.25) is 10.0 Å². The number of fused-ring (bicyclic) bond motifs is 2. The largest absolute Gasteiger partial charge is 0.291 e. The Morgan fingerprint density at radius 3 is 2.48 bits per heavy atom. The molecule has 1 N–H and O–H groups in total. The van der Waals surface area contributed by atoms with Crippen LogP contribution in [0.1, 0.15) is 29.7 Å². The summed E-state index contributed by atoms with van der Waals surface area (Å²) in [6.07, 6.45) is 1.77. The summed E-state index contributed by atoms with van der Waals surface area (Å²) >= 11 is 12.0. The first-order valence-electron chi connectivity index (χ1n) is 8.44. The highest BCUT2D eigenvalue weighted by Crippen LogP contribution is 2.54. The maximum atomic E-state index is 13.0. The Kier molecular flexibility index (Phi) is 3.39. The van der Waals surface area contributed by atoms with Crippen LogP contribution in [0.3, 0.4) is 0 Å². The fraction of sp³-hybridized carbons (Fsp3) is 0.150. The second kappa shape index (κ2) is 5.59. The van der Waals surface area contributed by atoms with E-state index in [2.05, 4.69) is 16.2 Å². The van der Waals surface area contributed by atoms with Crippen molar-refractivity contribution in [2.24, 2.45) is 0 Å². The monoisotopic (exact) mass is 394 g/mol. The first-order valence-corrected chi connectivity index (χ1v) is 9.20. The summed E-state index contributed by atoms with van der Waals surface area (Å²) in [6.45, 7) is 0. The molecule has 0 amide bonds. The van der Waals surface area contributed by atoms with E-state index in [-0.39, 0.29) is 11.0 Å². The summed E-state index contributed by atoms with van der Waals surface area (Å²) in [4.78, 5) is 17.5. The number of aromatic nitrogens is 3. The van der Waals surface area contributed by atoms with Gasteiger partial charge >= 0.3 is 0 Å². The van der Waals surface area contributed by atoms with Crippen molar-refractivity contribution < 1.29 is 0 Å². The quantitative estimate of drug-likeness (QED) is 0.546. The highest BCUT2D eigenvalue weighted by Gasteiger charge is 2.49. The van der Waals surface area contributed by atoms with Crippen molar-refractivity contribution in [3.8, 4) is 6.07 Å². The summed E-state index contributed by atoms with van der Waals surface area (Å²) < 4.78 is 1.35. The van der Waals surface area contributed by atoms with Gasteiger partial charge in [0.2, 0.25) is 0 Å². The minimum Gasteiger partial charge on any atom is -0.291 e. The average Bonchev–Trinajstić information content (AvgIpc) is 3.38. The minimum atomic E-state index is -0.320. The molecule has 0 spiro atoms. The van der Waals surface area contributed by atoms with Crippen molar-refractivity contribution in [3.05, 3.63) is 79.7 Å². The SMILES string of the molecule is N#Cc1c(C2(c3ccc(Cl)cc3)CC2)[nH]n2c(=O)c3cc(Cl)ccc3nc12. The van der Waals surface area contributed by atoms with Crippen molar-refractivity contribution in [1.29, 1.82) is 5.26 Å². The number of rotatable bonds is 2. The van der Waals surface area contributed by atoms with Gasteiger partial charge in [-0.05, 0) is 48.7 Å². The Bertz CT molecular complexity index is 1320. The number of H-pyrrole nitrogens is 1. The number of nitrogens with zero attached hydrogens (tertiary/aromatic N) is 3. The molecule has 4 aromatic rings. The fourth-order valence-corrected chi connectivity index (χ4v) is 4.04. The number of nitrogens with one attached hydrogen (secondary N) is 1. The lowest BCUT2D eigenvalue weighted by Crippen LogP contribution is -2.16. The lowest BCUT2D eigenvalue weighted by atomic mass is 9.90. The molecule has 1 aliphatic rings. The Morgan fingerprint density at radius 2 is 1.81 bits per heavy atom. The zero-order valence-corrected chi connectivity index (χ0v) is 15.5. The normalized spacial score (nSPS) is 15.1. The number of aromatic amines is 1. The van der Waals surface area contributed by atoms with E-state index in [1.54, 1.807) is 18.2 Å². The van der Waals surface area contributed by atoms with E-state index >= 15 is 0 Å². The van der Waals surface area contributed by atoms with Gasteiger partial charge in [0.25, 0.3) is 5.56 Å². The number of hydrogen-bond donors (Lipinski definition) is 1. The number of hydrogen-bond acceptors (Lipinski definition) is 3. The summed E-state index contributed by atoms with van der Waals surface area (Å²) in [5, 5.41) is 14.5. The second-order valence-electron chi connectivity index (χ2n) is 6.80. The number of halogens is 2. The molecule has 0 unspecified atom stereocenters. The smallest absolute Gasteiger partial charge is 0.280 e. The van der Waals surface area contributed by atoms with Gasteiger partial charge in [0.05, 0.1) is 16.6 Å². The van der Waals surface area contributed by atoms with Gasteiger partial charge in [-0.1, -0.05) is 35.3 Å². The molecule has 0 radical (unpaired) electrons. The maximum Gasteiger partial charge on any atom is 0.280 e. The van der Waals surface area contributed by atoms with Crippen LogP contribution in [0.15, 0.2) is 47.3 Å². The number of benzene rings is 2. The summed E-state index contributed by atoms with van der Waals surface area (Å²) in [6, 6.07) is 14.8. The molecule has 5 nitrogen and oxygen atoms in total. The Labute approximate surface area is 163 Å². The Morgan fingerprint density at radius 1 is 1.11 bits per heavy atom. The lowest BCUT2D eigenvalue weighted by molar-refractivity contribution is 0.762. The van der Waals surface area contributed by atoms with Crippen LogP contribution in [-0.4, -0.2) is 14.6 Å². The third-order valence-electron chi connectivity index (χ3n) is 5.26. The third kappa shape index (κ3) is 2.31. The molecule has 0 aliphatic heterocycles. The van der Waals surface area contributed by atoms with Crippen LogP contribution in [0.4, 0.5) is 0 Å². The van der Waals surface area contributed by atoms with Gasteiger partial charge in [-0.15, -0.1) is 0 Å². The van der Waals surface area contributed by atoms with Gasteiger partial charge in [-0.3, -0.25) is 9.89 Å². The molecule has 1 fully saturated rings. The Balaban J connectivity index is 1.82. The highest BCUT2D eigenvalue weighted by atomic mass is 35.5. The maximum absolute atomic E-state index is 13.0. The van der Waals surface area contributed by atoms with Crippen LogP contribution >= 0.6 is 23.2 Å². The molecule has 5 rings (SSSR count). The van der Waals surface area contributed by atoms with Crippen LogP contribution in [0.25, 0.3) is 16.6 Å². The highest BCUT2D eigenvalue weighted by molar-refractivity contribution is 6.31. The zero-order valence-electron chi connectivity index (χ0n) is 14.0. The number of nitriles is 1. The van der Waals surface area contributed by atoms with E-state index in [1.165, 1.54) is 4.52 Å². The first kappa shape index (κ1) is 16.4.